The summed E-state index contributed by atoms with van der Waals surface area (Å²) in [6, 6.07) is 30.4. The smallest absolute Gasteiger partial charge is 0.286 e. The minimum Gasteiger partial charge on any atom is -0.339 e. The molecule has 2 aliphatic rings. The van der Waals surface area contributed by atoms with E-state index in [1.54, 1.807) is 4.90 Å². The van der Waals surface area contributed by atoms with Crippen molar-refractivity contribution in [3.05, 3.63) is 112 Å². The zero-order valence-electron chi connectivity index (χ0n) is 21.3. The van der Waals surface area contributed by atoms with Gasteiger partial charge in [0.25, 0.3) is 5.91 Å². The molecule has 0 aromatic heterocycles. The molecule has 1 amide bonds. The minimum absolute atomic E-state index is 0.115. The second-order valence-corrected chi connectivity index (χ2v) is 11.6. The van der Waals surface area contributed by atoms with Gasteiger partial charge in [-0.05, 0) is 34.4 Å². The van der Waals surface area contributed by atoms with Crippen LogP contribution < -0.4 is 4.90 Å². The van der Waals surface area contributed by atoms with E-state index >= 15 is 0 Å². The largest absolute Gasteiger partial charge is 0.339 e. The van der Waals surface area contributed by atoms with Crippen LogP contribution in [0.4, 0.5) is 0 Å². The van der Waals surface area contributed by atoms with E-state index in [0.29, 0.717) is 10.9 Å². The van der Waals surface area contributed by atoms with Gasteiger partial charge >= 0.3 is 0 Å². The predicted octanol–water partition coefficient (Wildman–Crippen LogP) is 4.94. The summed E-state index contributed by atoms with van der Waals surface area (Å²) in [5.41, 5.74) is 5.13. The summed E-state index contributed by atoms with van der Waals surface area (Å²) >= 11 is 1.51. The van der Waals surface area contributed by atoms with Gasteiger partial charge in [0.1, 0.15) is 6.04 Å². The Morgan fingerprint density at radius 3 is 1.94 bits per heavy atom. The van der Waals surface area contributed by atoms with Crippen molar-refractivity contribution < 1.29 is 9.69 Å². The van der Waals surface area contributed by atoms with Crippen molar-refractivity contribution in [2.24, 2.45) is 4.99 Å². The van der Waals surface area contributed by atoms with Gasteiger partial charge in [-0.15, -0.1) is 0 Å². The molecule has 0 aliphatic carbocycles. The first-order chi connectivity index (χ1) is 17.4. The Balaban J connectivity index is 1.26. The molecule has 0 atom stereocenters. The molecule has 5 rings (SSSR count). The van der Waals surface area contributed by atoms with E-state index in [0.717, 1.165) is 36.9 Å². The summed E-state index contributed by atoms with van der Waals surface area (Å²) in [5, 5.41) is 0.840. The monoisotopic (exact) mass is 496 g/mol. The SMILES string of the molecule is CC(C)(C)c1ccc(/C=C2/SC(N3CC[NH+](C(c4ccccc4)c4ccccc4)CC3)=NC2=O)cc1. The van der Waals surface area contributed by atoms with Crippen molar-refractivity contribution >= 4 is 28.9 Å². The standard InChI is InChI=1S/C31H33N3OS/c1-31(2,3)26-16-14-23(15-17-26)22-27-29(35)32-30(36-27)34-20-18-33(19-21-34)28(24-10-6-4-7-11-24)25-12-8-5-9-13-25/h4-17,22,28H,18-21H2,1-3H3/p+1/b27-22+. The number of rotatable bonds is 4. The summed E-state index contributed by atoms with van der Waals surface area (Å²) in [6.45, 7) is 10.4. The number of piperazine rings is 1. The van der Waals surface area contributed by atoms with Crippen molar-refractivity contribution in [1.82, 2.24) is 4.90 Å². The third kappa shape index (κ3) is 5.48. The Kier molecular flexibility index (Phi) is 7.13. The lowest BCUT2D eigenvalue weighted by atomic mass is 9.87. The fourth-order valence-electron chi connectivity index (χ4n) is 4.99. The number of hydrogen-bond acceptors (Lipinski definition) is 3. The van der Waals surface area contributed by atoms with Gasteiger partial charge in [-0.25, -0.2) is 0 Å². The van der Waals surface area contributed by atoms with E-state index < -0.39 is 0 Å². The van der Waals surface area contributed by atoms with E-state index in [-0.39, 0.29) is 11.3 Å². The van der Waals surface area contributed by atoms with E-state index in [9.17, 15) is 4.79 Å². The van der Waals surface area contributed by atoms with Gasteiger partial charge in [-0.3, -0.25) is 4.79 Å². The number of nitrogens with zero attached hydrogens (tertiary/aromatic N) is 2. The second-order valence-electron chi connectivity index (χ2n) is 10.6. The van der Waals surface area contributed by atoms with Crippen LogP contribution in [0.25, 0.3) is 6.08 Å². The van der Waals surface area contributed by atoms with E-state index in [2.05, 4.69) is 116 Å². The second kappa shape index (κ2) is 10.5. The summed E-state index contributed by atoms with van der Waals surface area (Å²) in [7, 11) is 0. The summed E-state index contributed by atoms with van der Waals surface area (Å²) < 4.78 is 0. The molecule has 0 saturated carbocycles. The first-order valence-electron chi connectivity index (χ1n) is 12.7. The van der Waals surface area contributed by atoms with Crippen LogP contribution in [0.5, 0.6) is 0 Å². The molecule has 4 nitrogen and oxygen atoms in total. The van der Waals surface area contributed by atoms with E-state index in [1.165, 1.54) is 28.5 Å². The predicted molar refractivity (Wildman–Crippen MR) is 150 cm³/mol. The Labute approximate surface area is 218 Å². The highest BCUT2D eigenvalue weighted by molar-refractivity contribution is 8.18. The molecule has 1 N–H and O–H groups in total. The molecule has 0 spiro atoms. The maximum absolute atomic E-state index is 12.7. The molecule has 0 radical (unpaired) electrons. The molecule has 2 aliphatic heterocycles. The Morgan fingerprint density at radius 2 is 1.42 bits per heavy atom. The normalized spacial score (nSPS) is 18.2. The number of amides is 1. The van der Waals surface area contributed by atoms with Crippen LogP contribution in [0, 0.1) is 0 Å². The van der Waals surface area contributed by atoms with Crippen LogP contribution >= 0.6 is 11.8 Å². The zero-order valence-corrected chi connectivity index (χ0v) is 22.1. The van der Waals surface area contributed by atoms with Gasteiger partial charge in [0, 0.05) is 11.1 Å². The first kappa shape index (κ1) is 24.5. The number of carbonyl (C=O) groups excluding carboxylic acids is 1. The molecule has 1 saturated heterocycles. The number of amidine groups is 1. The Bertz CT molecular complexity index is 1210. The number of benzene rings is 3. The Hall–Kier alpha value is -3.15. The third-order valence-corrected chi connectivity index (χ3v) is 8.08. The van der Waals surface area contributed by atoms with Crippen molar-refractivity contribution in [2.75, 3.05) is 26.2 Å². The summed E-state index contributed by atoms with van der Waals surface area (Å²) in [6.07, 6.45) is 1.97. The molecule has 0 unspecified atom stereocenters. The van der Waals surface area contributed by atoms with Gasteiger partial charge in [-0.1, -0.05) is 106 Å². The molecular weight excluding hydrogens is 462 g/mol. The number of hydrogen-bond donors (Lipinski definition) is 1. The van der Waals surface area contributed by atoms with Gasteiger partial charge in [-0.2, -0.15) is 4.99 Å². The lowest BCUT2D eigenvalue weighted by Crippen LogP contribution is -3.15. The van der Waals surface area contributed by atoms with Gasteiger partial charge < -0.3 is 9.80 Å². The molecule has 2 heterocycles. The van der Waals surface area contributed by atoms with Crippen molar-refractivity contribution in [1.29, 1.82) is 0 Å². The lowest BCUT2D eigenvalue weighted by molar-refractivity contribution is -0.929. The molecule has 184 valence electrons. The minimum atomic E-state index is -0.129. The quantitative estimate of drug-likeness (QED) is 0.520. The van der Waals surface area contributed by atoms with Crippen molar-refractivity contribution in [2.45, 2.75) is 32.2 Å². The summed E-state index contributed by atoms with van der Waals surface area (Å²) in [4.78, 5) is 21.6. The molecule has 3 aromatic carbocycles. The number of nitrogens with one attached hydrogen (secondary N) is 1. The number of carbonyl (C=O) groups is 1. The average Bonchev–Trinajstić information content (AvgIpc) is 3.25. The number of thioether (sulfide) groups is 1. The van der Waals surface area contributed by atoms with Crippen LogP contribution in [0.1, 0.15) is 49.1 Å². The molecule has 3 aromatic rings. The van der Waals surface area contributed by atoms with Crippen LogP contribution in [0.2, 0.25) is 0 Å². The maximum atomic E-state index is 12.7. The van der Waals surface area contributed by atoms with Gasteiger partial charge in [0.2, 0.25) is 0 Å². The molecular formula is C31H34N3OS+. The summed E-state index contributed by atoms with van der Waals surface area (Å²) in [5.74, 6) is -0.129. The van der Waals surface area contributed by atoms with Crippen molar-refractivity contribution in [3.63, 3.8) is 0 Å². The van der Waals surface area contributed by atoms with Crippen LogP contribution in [0.15, 0.2) is 94.8 Å². The van der Waals surface area contributed by atoms with Crippen LogP contribution in [-0.4, -0.2) is 42.2 Å². The highest BCUT2D eigenvalue weighted by atomic mass is 32.2. The highest BCUT2D eigenvalue weighted by Gasteiger charge is 2.33. The Morgan fingerprint density at radius 1 is 0.861 bits per heavy atom. The van der Waals surface area contributed by atoms with Crippen molar-refractivity contribution in [3.8, 4) is 0 Å². The molecule has 5 heteroatoms. The maximum Gasteiger partial charge on any atom is 0.286 e. The molecule has 0 bridgehead atoms. The van der Waals surface area contributed by atoms with Gasteiger partial charge in [0.15, 0.2) is 5.17 Å². The number of quaternary nitrogens is 1. The van der Waals surface area contributed by atoms with Gasteiger partial charge in [0.05, 0.1) is 31.1 Å². The van der Waals surface area contributed by atoms with E-state index in [1.807, 2.05) is 6.08 Å². The zero-order chi connectivity index (χ0) is 25.1. The number of aliphatic imine (C=N–C) groups is 1. The highest BCUT2D eigenvalue weighted by Crippen LogP contribution is 2.31. The molecule has 36 heavy (non-hydrogen) atoms. The van der Waals surface area contributed by atoms with Crippen LogP contribution in [-0.2, 0) is 10.2 Å². The van der Waals surface area contributed by atoms with E-state index in [4.69, 9.17) is 0 Å². The fraction of sp³-hybridized carbons (Fsp3) is 0.290. The first-order valence-corrected chi connectivity index (χ1v) is 13.5. The molecule has 1 fully saturated rings. The third-order valence-electron chi connectivity index (χ3n) is 7.03. The van der Waals surface area contributed by atoms with Crippen LogP contribution in [0.3, 0.4) is 0 Å². The average molecular weight is 497 g/mol. The fourth-order valence-corrected chi connectivity index (χ4v) is 5.96. The lowest BCUT2D eigenvalue weighted by Gasteiger charge is -2.37. The topological polar surface area (TPSA) is 37.1 Å².